The number of benzene rings is 1. The van der Waals surface area contributed by atoms with E-state index in [1.165, 1.54) is 11.3 Å². The molecule has 0 aliphatic carbocycles. The molecule has 8 heteroatoms. The second kappa shape index (κ2) is 9.01. The molecule has 28 heavy (non-hydrogen) atoms. The van der Waals surface area contributed by atoms with Crippen molar-refractivity contribution in [1.82, 2.24) is 9.88 Å². The summed E-state index contributed by atoms with van der Waals surface area (Å²) in [5.41, 5.74) is 1.69. The number of halogens is 1. The van der Waals surface area contributed by atoms with Crippen LogP contribution in [0.1, 0.15) is 38.5 Å². The van der Waals surface area contributed by atoms with E-state index >= 15 is 0 Å². The van der Waals surface area contributed by atoms with Gasteiger partial charge in [0.15, 0.2) is 4.47 Å². The van der Waals surface area contributed by atoms with Crippen molar-refractivity contribution < 1.29 is 9.53 Å². The standard InChI is InChI=1S/C20H27ClN4O2S/c1-20(2,3)27-19(26)25-10-8-16(9-11-25)24-15-6-4-14(5-7-15)22-12-17-13-23-18(21)28-17/h4-7,13,16,22,24H,8-12H2,1-3H3. The Balaban J connectivity index is 1.43. The molecule has 1 aliphatic heterocycles. The van der Waals surface area contributed by atoms with Crippen molar-refractivity contribution in [2.24, 2.45) is 0 Å². The third-order valence-electron chi connectivity index (χ3n) is 4.39. The van der Waals surface area contributed by atoms with Gasteiger partial charge in [0, 0.05) is 41.6 Å². The number of piperidine rings is 1. The number of nitrogens with zero attached hydrogens (tertiary/aromatic N) is 2. The topological polar surface area (TPSA) is 66.5 Å². The number of aromatic nitrogens is 1. The van der Waals surface area contributed by atoms with Crippen LogP contribution in [0.4, 0.5) is 16.2 Å². The van der Waals surface area contributed by atoms with E-state index in [-0.39, 0.29) is 6.09 Å². The first kappa shape index (κ1) is 20.7. The van der Waals surface area contributed by atoms with Crippen molar-refractivity contribution in [2.45, 2.75) is 51.8 Å². The minimum Gasteiger partial charge on any atom is -0.444 e. The number of hydrogen-bond donors (Lipinski definition) is 2. The molecule has 6 nitrogen and oxygen atoms in total. The van der Waals surface area contributed by atoms with Gasteiger partial charge in [-0.1, -0.05) is 11.6 Å². The second-order valence-corrected chi connectivity index (χ2v) is 9.59. The van der Waals surface area contributed by atoms with Crippen LogP contribution in [0.2, 0.25) is 4.47 Å². The molecule has 1 fully saturated rings. The highest BCUT2D eigenvalue weighted by molar-refractivity contribution is 7.15. The average Bonchev–Trinajstić information content (AvgIpc) is 3.06. The summed E-state index contributed by atoms with van der Waals surface area (Å²) in [6.07, 6.45) is 3.39. The van der Waals surface area contributed by atoms with Gasteiger partial charge in [-0.15, -0.1) is 11.3 Å². The summed E-state index contributed by atoms with van der Waals surface area (Å²) in [5, 5.41) is 6.93. The number of nitrogens with one attached hydrogen (secondary N) is 2. The zero-order valence-corrected chi connectivity index (χ0v) is 18.1. The van der Waals surface area contributed by atoms with Gasteiger partial charge in [0.1, 0.15) is 5.60 Å². The van der Waals surface area contributed by atoms with Crippen LogP contribution in [-0.2, 0) is 11.3 Å². The van der Waals surface area contributed by atoms with Crippen molar-refractivity contribution in [3.8, 4) is 0 Å². The monoisotopic (exact) mass is 422 g/mol. The third kappa shape index (κ3) is 6.27. The molecule has 0 unspecified atom stereocenters. The zero-order chi connectivity index (χ0) is 20.1. The SMILES string of the molecule is CC(C)(C)OC(=O)N1CCC(Nc2ccc(NCc3cnc(Cl)s3)cc2)CC1. The molecule has 0 radical (unpaired) electrons. The maximum absolute atomic E-state index is 12.1. The zero-order valence-electron chi connectivity index (χ0n) is 16.5. The van der Waals surface area contributed by atoms with E-state index in [0.29, 0.717) is 30.1 Å². The maximum atomic E-state index is 12.1. The van der Waals surface area contributed by atoms with Crippen LogP contribution in [0.25, 0.3) is 0 Å². The van der Waals surface area contributed by atoms with Crippen LogP contribution in [-0.4, -0.2) is 40.7 Å². The lowest BCUT2D eigenvalue weighted by Crippen LogP contribution is -2.44. The maximum Gasteiger partial charge on any atom is 0.410 e. The molecule has 2 N–H and O–H groups in total. The number of amides is 1. The Morgan fingerprint density at radius 2 is 1.89 bits per heavy atom. The van der Waals surface area contributed by atoms with E-state index in [1.54, 1.807) is 11.1 Å². The number of ether oxygens (including phenoxy) is 1. The fourth-order valence-electron chi connectivity index (χ4n) is 3.01. The summed E-state index contributed by atoms with van der Waals surface area (Å²) in [4.78, 5) is 19.1. The normalized spacial score (nSPS) is 15.4. The highest BCUT2D eigenvalue weighted by Crippen LogP contribution is 2.22. The van der Waals surface area contributed by atoms with Crippen LogP contribution in [0.15, 0.2) is 30.5 Å². The van der Waals surface area contributed by atoms with Gasteiger partial charge in [-0.25, -0.2) is 9.78 Å². The molecule has 1 saturated heterocycles. The highest BCUT2D eigenvalue weighted by atomic mass is 35.5. The second-order valence-electron chi connectivity index (χ2n) is 7.90. The van der Waals surface area contributed by atoms with Crippen LogP contribution in [0.3, 0.4) is 0 Å². The fraction of sp³-hybridized carbons (Fsp3) is 0.500. The van der Waals surface area contributed by atoms with Crippen molar-refractivity contribution in [3.05, 3.63) is 39.8 Å². The highest BCUT2D eigenvalue weighted by Gasteiger charge is 2.26. The first-order valence-electron chi connectivity index (χ1n) is 9.47. The quantitative estimate of drug-likeness (QED) is 0.691. The van der Waals surface area contributed by atoms with E-state index < -0.39 is 5.60 Å². The van der Waals surface area contributed by atoms with Gasteiger partial charge in [-0.05, 0) is 57.9 Å². The van der Waals surface area contributed by atoms with E-state index in [0.717, 1.165) is 29.1 Å². The Morgan fingerprint density at radius 3 is 2.46 bits per heavy atom. The van der Waals surface area contributed by atoms with Gasteiger partial charge < -0.3 is 20.3 Å². The number of rotatable bonds is 5. The summed E-state index contributed by atoms with van der Waals surface area (Å²) in [5.74, 6) is 0. The van der Waals surface area contributed by atoms with E-state index in [1.807, 2.05) is 20.8 Å². The number of carbonyl (C=O) groups excluding carboxylic acids is 1. The number of likely N-dealkylation sites (tertiary alicyclic amines) is 1. The van der Waals surface area contributed by atoms with Crippen molar-refractivity contribution in [1.29, 1.82) is 0 Å². The van der Waals surface area contributed by atoms with E-state index in [2.05, 4.69) is 39.9 Å². The molecule has 1 aliphatic rings. The molecule has 1 amide bonds. The smallest absolute Gasteiger partial charge is 0.410 e. The first-order chi connectivity index (χ1) is 13.3. The van der Waals surface area contributed by atoms with Gasteiger partial charge in [-0.3, -0.25) is 0 Å². The molecule has 1 aromatic carbocycles. The van der Waals surface area contributed by atoms with Gasteiger partial charge >= 0.3 is 6.09 Å². The fourth-order valence-corrected chi connectivity index (χ4v) is 3.93. The van der Waals surface area contributed by atoms with Gasteiger partial charge in [0.2, 0.25) is 0 Å². The summed E-state index contributed by atoms with van der Waals surface area (Å²) >= 11 is 7.33. The Bertz CT molecular complexity index is 780. The molecule has 0 atom stereocenters. The van der Waals surface area contributed by atoms with Gasteiger partial charge in [-0.2, -0.15) is 0 Å². The van der Waals surface area contributed by atoms with Gasteiger partial charge in [0.25, 0.3) is 0 Å². The van der Waals surface area contributed by atoms with Crippen LogP contribution >= 0.6 is 22.9 Å². The number of carbonyl (C=O) groups is 1. The number of thiazole rings is 1. The summed E-state index contributed by atoms with van der Waals surface area (Å²) in [6, 6.07) is 8.61. The van der Waals surface area contributed by atoms with E-state index in [9.17, 15) is 4.79 Å². The Hall–Kier alpha value is -1.99. The van der Waals surface area contributed by atoms with Crippen LogP contribution in [0.5, 0.6) is 0 Å². The van der Waals surface area contributed by atoms with E-state index in [4.69, 9.17) is 16.3 Å². The van der Waals surface area contributed by atoms with Crippen molar-refractivity contribution in [2.75, 3.05) is 23.7 Å². The predicted octanol–water partition coefficient (Wildman–Crippen LogP) is 5.22. The Morgan fingerprint density at radius 1 is 1.25 bits per heavy atom. The lowest BCUT2D eigenvalue weighted by Gasteiger charge is -2.34. The lowest BCUT2D eigenvalue weighted by molar-refractivity contribution is 0.0210. The molecule has 152 valence electrons. The molecule has 0 spiro atoms. The molecular weight excluding hydrogens is 396 g/mol. The Labute approximate surface area is 175 Å². The van der Waals surface area contributed by atoms with Gasteiger partial charge in [0.05, 0.1) is 6.54 Å². The number of anilines is 2. The third-order valence-corrected chi connectivity index (χ3v) is 5.51. The lowest BCUT2D eigenvalue weighted by atomic mass is 10.0. The molecule has 2 aromatic rings. The summed E-state index contributed by atoms with van der Waals surface area (Å²) < 4.78 is 6.01. The minimum atomic E-state index is -0.450. The largest absolute Gasteiger partial charge is 0.444 e. The van der Waals surface area contributed by atoms with Crippen molar-refractivity contribution >= 4 is 40.4 Å². The van der Waals surface area contributed by atoms with Crippen molar-refractivity contribution in [3.63, 3.8) is 0 Å². The molecular formula is C20H27ClN4O2S. The summed E-state index contributed by atoms with van der Waals surface area (Å²) in [7, 11) is 0. The molecule has 1 aromatic heterocycles. The summed E-state index contributed by atoms with van der Waals surface area (Å²) in [6.45, 7) is 7.81. The number of hydrogen-bond acceptors (Lipinski definition) is 6. The molecule has 3 rings (SSSR count). The predicted molar refractivity (Wildman–Crippen MR) is 115 cm³/mol. The molecule has 0 bridgehead atoms. The first-order valence-corrected chi connectivity index (χ1v) is 10.7. The molecule has 2 heterocycles. The van der Waals surface area contributed by atoms with Crippen LogP contribution in [0, 0.1) is 0 Å². The Kier molecular flexibility index (Phi) is 6.67. The minimum absolute atomic E-state index is 0.219. The van der Waals surface area contributed by atoms with Crippen LogP contribution < -0.4 is 10.6 Å². The molecule has 0 saturated carbocycles. The average molecular weight is 423 g/mol.